The van der Waals surface area contributed by atoms with E-state index in [1.54, 1.807) is 31.6 Å². The smallest absolute Gasteiger partial charge is 0.246 e. The molecule has 1 saturated heterocycles. The van der Waals surface area contributed by atoms with Gasteiger partial charge in [0.25, 0.3) is 0 Å². The number of carbonyl (C=O) groups excluding carboxylic acids is 2. The van der Waals surface area contributed by atoms with Gasteiger partial charge in [-0.1, -0.05) is 6.92 Å². The molecule has 2 N–H and O–H groups in total. The summed E-state index contributed by atoms with van der Waals surface area (Å²) in [6.07, 6.45) is 10.0. The summed E-state index contributed by atoms with van der Waals surface area (Å²) in [4.78, 5) is 32.2. The summed E-state index contributed by atoms with van der Waals surface area (Å²) in [6.45, 7) is 4.79. The second-order valence-electron chi connectivity index (χ2n) is 10.1. The number of pyridine rings is 1. The van der Waals surface area contributed by atoms with E-state index in [0.29, 0.717) is 29.3 Å². The first-order chi connectivity index (χ1) is 17.3. The van der Waals surface area contributed by atoms with Crippen LogP contribution in [0.25, 0.3) is 11.1 Å². The molecule has 2 amide bonds. The highest BCUT2D eigenvalue weighted by atomic mass is 19.1. The van der Waals surface area contributed by atoms with Gasteiger partial charge in [0.05, 0.1) is 18.7 Å². The molecule has 3 heterocycles. The molecule has 0 bridgehead atoms. The normalized spacial score (nSPS) is 23.6. The molecule has 2 aliphatic heterocycles. The predicted octanol–water partition coefficient (Wildman–Crippen LogP) is 3.92. The van der Waals surface area contributed by atoms with Crippen molar-refractivity contribution in [3.8, 4) is 16.9 Å². The first kappa shape index (κ1) is 24.0. The Hall–Kier alpha value is -3.68. The van der Waals surface area contributed by atoms with Crippen molar-refractivity contribution in [2.45, 2.75) is 45.7 Å². The number of hydrogen-bond donors (Lipinski definition) is 2. The zero-order valence-corrected chi connectivity index (χ0v) is 20.8. The number of nitrogens with one attached hydrogen (secondary N) is 2. The van der Waals surface area contributed by atoms with Crippen LogP contribution in [-0.4, -0.2) is 41.4 Å². The van der Waals surface area contributed by atoms with Crippen LogP contribution in [0.15, 0.2) is 60.2 Å². The number of benzene rings is 1. The number of methoxy groups -OCH3 is 1. The third kappa shape index (κ3) is 4.72. The van der Waals surface area contributed by atoms with Crippen molar-refractivity contribution < 1.29 is 18.7 Å². The monoisotopic (exact) mass is 490 g/mol. The second kappa shape index (κ2) is 9.41. The molecule has 7 nitrogen and oxygen atoms in total. The Morgan fingerprint density at radius 2 is 2.06 bits per heavy atom. The van der Waals surface area contributed by atoms with E-state index >= 15 is 0 Å². The van der Waals surface area contributed by atoms with Crippen molar-refractivity contribution >= 4 is 11.8 Å². The minimum Gasteiger partial charge on any atom is -0.495 e. The van der Waals surface area contributed by atoms with E-state index in [0.717, 1.165) is 36.2 Å². The van der Waals surface area contributed by atoms with E-state index in [1.807, 2.05) is 24.0 Å². The van der Waals surface area contributed by atoms with E-state index in [-0.39, 0.29) is 23.8 Å². The molecule has 3 aliphatic rings. The minimum atomic E-state index is -0.624. The van der Waals surface area contributed by atoms with Gasteiger partial charge >= 0.3 is 0 Å². The SMILES string of the molecule is COc1cncc(-c2cc(F)cc(CNC(=O)C3C=C(N4CCC(C)(C5CC5)C4=O)C=C(C)N3)c2)c1. The zero-order chi connectivity index (χ0) is 25.4. The Kier molecular flexibility index (Phi) is 6.28. The largest absolute Gasteiger partial charge is 0.495 e. The number of allylic oxidation sites excluding steroid dienone is 2. The summed E-state index contributed by atoms with van der Waals surface area (Å²) in [5.41, 5.74) is 3.28. The number of rotatable bonds is 7. The maximum absolute atomic E-state index is 14.4. The Morgan fingerprint density at radius 1 is 1.25 bits per heavy atom. The Balaban J connectivity index is 1.28. The molecule has 8 heteroatoms. The van der Waals surface area contributed by atoms with Crippen molar-refractivity contribution in [1.29, 1.82) is 0 Å². The van der Waals surface area contributed by atoms with Gasteiger partial charge in [0.1, 0.15) is 17.6 Å². The first-order valence-electron chi connectivity index (χ1n) is 12.3. The van der Waals surface area contributed by atoms with Gasteiger partial charge in [-0.05, 0) is 79.6 Å². The van der Waals surface area contributed by atoms with Crippen LogP contribution < -0.4 is 15.4 Å². The number of aromatic nitrogens is 1. The van der Waals surface area contributed by atoms with E-state index in [1.165, 1.54) is 12.1 Å². The lowest BCUT2D eigenvalue weighted by atomic mass is 9.83. The Bertz CT molecular complexity index is 1270. The van der Waals surface area contributed by atoms with Gasteiger partial charge in [-0.15, -0.1) is 0 Å². The molecule has 0 spiro atoms. The number of amides is 2. The molecule has 0 radical (unpaired) electrons. The second-order valence-corrected chi connectivity index (χ2v) is 10.1. The van der Waals surface area contributed by atoms with E-state index in [2.05, 4.69) is 22.5 Å². The van der Waals surface area contributed by atoms with Gasteiger partial charge in [0.15, 0.2) is 0 Å². The highest BCUT2D eigenvalue weighted by Crippen LogP contribution is 2.52. The quantitative estimate of drug-likeness (QED) is 0.615. The Morgan fingerprint density at radius 3 is 2.81 bits per heavy atom. The van der Waals surface area contributed by atoms with Crippen molar-refractivity contribution in [3.05, 3.63) is 71.6 Å². The summed E-state index contributed by atoms with van der Waals surface area (Å²) < 4.78 is 19.6. The van der Waals surface area contributed by atoms with Crippen LogP contribution in [0.4, 0.5) is 4.39 Å². The molecule has 2 unspecified atom stereocenters. The minimum absolute atomic E-state index is 0.153. The highest BCUT2D eigenvalue weighted by Gasteiger charge is 2.52. The first-order valence-corrected chi connectivity index (χ1v) is 12.3. The molecule has 36 heavy (non-hydrogen) atoms. The van der Waals surface area contributed by atoms with E-state index in [9.17, 15) is 14.0 Å². The number of hydrogen-bond acceptors (Lipinski definition) is 5. The third-order valence-corrected chi connectivity index (χ3v) is 7.45. The van der Waals surface area contributed by atoms with Crippen LogP contribution >= 0.6 is 0 Å². The third-order valence-electron chi connectivity index (χ3n) is 7.45. The summed E-state index contributed by atoms with van der Waals surface area (Å²) in [5.74, 6) is 0.564. The molecule has 5 rings (SSSR count). The maximum Gasteiger partial charge on any atom is 0.246 e. The van der Waals surface area contributed by atoms with Gasteiger partial charge in [0.2, 0.25) is 11.8 Å². The van der Waals surface area contributed by atoms with Gasteiger partial charge in [0, 0.05) is 36.2 Å². The average Bonchev–Trinajstić information content (AvgIpc) is 3.68. The van der Waals surface area contributed by atoms with Gasteiger partial charge in [-0.2, -0.15) is 0 Å². The number of dihydropyridines is 1. The van der Waals surface area contributed by atoms with Crippen LogP contribution in [0, 0.1) is 17.2 Å². The standard InChI is InChI=1S/C28H31FN4O3/c1-17-8-23(33-7-6-28(2,27(33)35)21-4-5-21)13-25(32-17)26(34)31-14-18-9-19(11-22(29)10-18)20-12-24(36-3)16-30-15-20/h8-13,15-16,21,25,32H,4-7,14H2,1-3H3,(H,31,34). The summed E-state index contributed by atoms with van der Waals surface area (Å²) in [5, 5.41) is 6.08. The molecule has 2 fully saturated rings. The van der Waals surface area contributed by atoms with Gasteiger partial charge in [-0.25, -0.2) is 4.39 Å². The number of ether oxygens (including phenoxy) is 1. The maximum atomic E-state index is 14.4. The summed E-state index contributed by atoms with van der Waals surface area (Å²) >= 11 is 0. The summed E-state index contributed by atoms with van der Waals surface area (Å²) in [6, 6.07) is 5.81. The number of halogens is 1. The zero-order valence-electron chi connectivity index (χ0n) is 20.8. The molecular formula is C28H31FN4O3. The molecule has 2 atom stereocenters. The Labute approximate surface area is 210 Å². The van der Waals surface area contributed by atoms with Crippen LogP contribution in [0.2, 0.25) is 0 Å². The van der Waals surface area contributed by atoms with Crippen LogP contribution in [-0.2, 0) is 16.1 Å². The fourth-order valence-electron chi connectivity index (χ4n) is 5.19. The molecule has 188 valence electrons. The fraction of sp³-hybridized carbons (Fsp3) is 0.393. The number of nitrogens with zero attached hydrogens (tertiary/aromatic N) is 2. The number of likely N-dealkylation sites (tertiary alicyclic amines) is 1. The topological polar surface area (TPSA) is 83.6 Å². The highest BCUT2D eigenvalue weighted by molar-refractivity contribution is 5.89. The molecular weight excluding hydrogens is 459 g/mol. The summed E-state index contributed by atoms with van der Waals surface area (Å²) in [7, 11) is 1.55. The van der Waals surface area contributed by atoms with Crippen LogP contribution in [0.3, 0.4) is 0 Å². The van der Waals surface area contributed by atoms with E-state index in [4.69, 9.17) is 4.74 Å². The van der Waals surface area contributed by atoms with Gasteiger partial charge in [-0.3, -0.25) is 14.6 Å². The van der Waals surface area contributed by atoms with Crippen molar-refractivity contribution in [2.24, 2.45) is 11.3 Å². The lowest BCUT2D eigenvalue weighted by Gasteiger charge is -2.28. The van der Waals surface area contributed by atoms with Crippen LogP contribution in [0.1, 0.15) is 38.7 Å². The van der Waals surface area contributed by atoms with Crippen molar-refractivity contribution in [1.82, 2.24) is 20.5 Å². The molecule has 1 saturated carbocycles. The van der Waals surface area contributed by atoms with Crippen molar-refractivity contribution in [2.75, 3.05) is 13.7 Å². The molecule has 2 aromatic rings. The van der Waals surface area contributed by atoms with E-state index < -0.39 is 11.9 Å². The van der Waals surface area contributed by atoms with Crippen LogP contribution in [0.5, 0.6) is 5.75 Å². The molecule has 1 aromatic carbocycles. The molecule has 1 aliphatic carbocycles. The van der Waals surface area contributed by atoms with Gasteiger partial charge < -0.3 is 20.3 Å². The average molecular weight is 491 g/mol. The molecule has 1 aromatic heterocycles. The predicted molar refractivity (Wildman–Crippen MR) is 134 cm³/mol. The number of carbonyl (C=O) groups is 2. The lowest BCUT2D eigenvalue weighted by Crippen LogP contribution is -2.45. The fourth-order valence-corrected chi connectivity index (χ4v) is 5.19. The van der Waals surface area contributed by atoms with Crippen molar-refractivity contribution in [3.63, 3.8) is 0 Å². The lowest BCUT2D eigenvalue weighted by molar-refractivity contribution is -0.134.